The maximum atomic E-state index is 7.00. The van der Waals surface area contributed by atoms with Gasteiger partial charge in [0.1, 0.15) is 11.2 Å². The zero-order chi connectivity index (χ0) is 42.2. The van der Waals surface area contributed by atoms with Gasteiger partial charge in [0.05, 0.1) is 5.41 Å². The van der Waals surface area contributed by atoms with Crippen LogP contribution in [0.5, 0.6) is 0 Å². The van der Waals surface area contributed by atoms with Crippen molar-refractivity contribution in [1.29, 1.82) is 0 Å². The fourth-order valence-corrected chi connectivity index (χ4v) is 11.7. The van der Waals surface area contributed by atoms with Gasteiger partial charge in [0.2, 0.25) is 0 Å². The number of anilines is 3. The number of thiophene rings is 1. The summed E-state index contributed by atoms with van der Waals surface area (Å²) in [4.78, 5) is 2.34. The molecule has 10 aromatic carbocycles. The smallest absolute Gasteiger partial charge is 0.137 e. The van der Waals surface area contributed by atoms with Gasteiger partial charge in [-0.25, -0.2) is 0 Å². The van der Waals surface area contributed by atoms with Gasteiger partial charge in [-0.05, 0) is 110 Å². The van der Waals surface area contributed by atoms with Crippen molar-refractivity contribution >= 4 is 70.5 Å². The number of fused-ring (bicyclic) bond motifs is 9. The highest BCUT2D eigenvalue weighted by Gasteiger charge is 2.46. The molecule has 13 rings (SSSR count). The Morgan fingerprint density at radius 1 is 0.344 bits per heavy atom. The first-order chi connectivity index (χ1) is 31.7. The van der Waals surface area contributed by atoms with Crippen molar-refractivity contribution in [2.75, 3.05) is 4.90 Å². The van der Waals surface area contributed by atoms with Gasteiger partial charge in [-0.1, -0.05) is 176 Å². The second-order valence-electron chi connectivity index (χ2n) is 16.8. The van der Waals surface area contributed by atoms with Crippen LogP contribution in [0.1, 0.15) is 22.3 Å². The van der Waals surface area contributed by atoms with Gasteiger partial charge in [0, 0.05) is 54.1 Å². The molecule has 0 aliphatic heterocycles. The van der Waals surface area contributed by atoms with Crippen molar-refractivity contribution in [3.8, 4) is 33.4 Å². The van der Waals surface area contributed by atoms with Crippen LogP contribution in [0.25, 0.3) is 75.5 Å². The Kier molecular flexibility index (Phi) is 8.34. The van der Waals surface area contributed by atoms with E-state index in [1.54, 1.807) is 0 Å². The maximum absolute atomic E-state index is 7.00. The lowest BCUT2D eigenvalue weighted by Gasteiger charge is -2.33. The Morgan fingerprint density at radius 2 is 0.906 bits per heavy atom. The summed E-state index contributed by atoms with van der Waals surface area (Å²) < 4.78 is 9.63. The Labute approximate surface area is 375 Å². The van der Waals surface area contributed by atoms with Crippen LogP contribution in [0, 0.1) is 0 Å². The molecule has 0 unspecified atom stereocenters. The fraction of sp³-hybridized carbons (Fsp3) is 0.0164. The summed E-state index contributed by atoms with van der Waals surface area (Å²) in [6.07, 6.45) is 0. The summed E-state index contributed by atoms with van der Waals surface area (Å²) >= 11 is 1.87. The first-order valence-corrected chi connectivity index (χ1v) is 22.7. The number of furan rings is 1. The third kappa shape index (κ3) is 5.58. The van der Waals surface area contributed by atoms with E-state index in [2.05, 4.69) is 241 Å². The number of rotatable bonds is 7. The highest BCUT2D eigenvalue weighted by Crippen LogP contribution is 2.57. The van der Waals surface area contributed by atoms with Crippen LogP contribution < -0.4 is 4.90 Å². The number of nitrogens with zero attached hydrogens (tertiary/aromatic N) is 1. The molecule has 0 spiro atoms. The third-order valence-electron chi connectivity index (χ3n) is 13.4. The predicted octanol–water partition coefficient (Wildman–Crippen LogP) is 17.1. The van der Waals surface area contributed by atoms with Crippen LogP contribution >= 0.6 is 11.3 Å². The molecular weight excluding hydrogens is 795 g/mol. The lowest BCUT2D eigenvalue weighted by molar-refractivity contribution is 0.666. The lowest BCUT2D eigenvalue weighted by atomic mass is 9.67. The minimum atomic E-state index is -0.496. The van der Waals surface area contributed by atoms with E-state index in [4.69, 9.17) is 4.42 Å². The molecule has 1 aliphatic rings. The van der Waals surface area contributed by atoms with Crippen molar-refractivity contribution in [3.63, 3.8) is 0 Å². The standard InChI is InChI=1S/C61H39NOS/c1-4-15-40(16-5-1)41-27-31-45(32-28-41)62(46-33-29-42(30-34-46)48-23-14-24-52-51-22-11-13-26-59(51)64-60(48)52)47-35-36-50-54-38-53-49-21-10-12-25-55(49)61(43-17-6-2-7-18-43,44-19-8-3-9-20-44)56(53)39-58(54)63-57(50)37-47/h1-39H. The minimum Gasteiger partial charge on any atom is -0.456 e. The Bertz CT molecular complexity index is 3660. The Balaban J connectivity index is 0.963. The molecule has 3 heteroatoms. The first-order valence-electron chi connectivity index (χ1n) is 21.9. The number of benzene rings is 10. The molecule has 0 amide bonds. The first kappa shape index (κ1) is 36.7. The van der Waals surface area contributed by atoms with Gasteiger partial charge in [0.25, 0.3) is 0 Å². The Hall–Kier alpha value is -7.98. The molecule has 2 heterocycles. The summed E-state index contributed by atoms with van der Waals surface area (Å²) in [5.74, 6) is 0. The monoisotopic (exact) mass is 833 g/mol. The van der Waals surface area contributed by atoms with Crippen LogP contribution in [0.4, 0.5) is 17.1 Å². The van der Waals surface area contributed by atoms with Gasteiger partial charge in [0.15, 0.2) is 0 Å². The largest absolute Gasteiger partial charge is 0.456 e. The van der Waals surface area contributed by atoms with E-state index in [1.165, 1.54) is 75.8 Å². The van der Waals surface area contributed by atoms with E-state index in [1.807, 2.05) is 11.3 Å². The average Bonchev–Trinajstić information content (AvgIpc) is 4.02. The highest BCUT2D eigenvalue weighted by atomic mass is 32.1. The van der Waals surface area contributed by atoms with Crippen molar-refractivity contribution in [1.82, 2.24) is 0 Å². The molecule has 0 fully saturated rings. The molecule has 64 heavy (non-hydrogen) atoms. The molecule has 2 nitrogen and oxygen atoms in total. The van der Waals surface area contributed by atoms with Gasteiger partial charge in [-0.3, -0.25) is 0 Å². The summed E-state index contributed by atoms with van der Waals surface area (Å²) in [7, 11) is 0. The third-order valence-corrected chi connectivity index (χ3v) is 14.6. The number of hydrogen-bond donors (Lipinski definition) is 0. The van der Waals surface area contributed by atoms with E-state index in [-0.39, 0.29) is 0 Å². The second-order valence-corrected chi connectivity index (χ2v) is 17.8. The molecule has 0 bridgehead atoms. The van der Waals surface area contributed by atoms with Crippen molar-refractivity contribution in [3.05, 3.63) is 259 Å². The fourth-order valence-electron chi connectivity index (χ4n) is 10.5. The molecule has 1 aliphatic carbocycles. The van der Waals surface area contributed by atoms with Crippen LogP contribution in [-0.4, -0.2) is 0 Å². The van der Waals surface area contributed by atoms with E-state index < -0.39 is 5.41 Å². The van der Waals surface area contributed by atoms with Gasteiger partial charge in [-0.2, -0.15) is 0 Å². The highest BCUT2D eigenvalue weighted by molar-refractivity contribution is 7.26. The van der Waals surface area contributed by atoms with Crippen LogP contribution in [0.2, 0.25) is 0 Å². The summed E-state index contributed by atoms with van der Waals surface area (Å²) in [6.45, 7) is 0. The molecular formula is C61H39NOS. The SMILES string of the molecule is c1ccc(-c2ccc(N(c3ccc(-c4cccc5c4sc4ccccc45)cc3)c3ccc4c(c3)oc3cc5c(cc34)-c3ccccc3C5(c3ccccc3)c3ccccc3)cc2)cc1. The van der Waals surface area contributed by atoms with Gasteiger partial charge >= 0.3 is 0 Å². The molecule has 0 atom stereocenters. The second kappa shape index (κ2) is 14.6. The van der Waals surface area contributed by atoms with Crippen molar-refractivity contribution in [2.24, 2.45) is 0 Å². The Morgan fingerprint density at radius 3 is 1.64 bits per heavy atom. The number of hydrogen-bond acceptors (Lipinski definition) is 3. The molecule has 0 radical (unpaired) electrons. The zero-order valence-electron chi connectivity index (χ0n) is 34.8. The van der Waals surface area contributed by atoms with E-state index >= 15 is 0 Å². The molecule has 2 aromatic heterocycles. The normalized spacial score (nSPS) is 12.8. The summed E-state index contributed by atoms with van der Waals surface area (Å²) in [6, 6.07) is 86.1. The molecule has 0 N–H and O–H groups in total. The quantitative estimate of drug-likeness (QED) is 0.159. The molecule has 0 saturated heterocycles. The molecule has 300 valence electrons. The minimum absolute atomic E-state index is 0.496. The molecule has 0 saturated carbocycles. The predicted molar refractivity (Wildman–Crippen MR) is 269 cm³/mol. The van der Waals surface area contributed by atoms with Gasteiger partial charge in [-0.15, -0.1) is 11.3 Å². The van der Waals surface area contributed by atoms with Crippen LogP contribution in [0.15, 0.2) is 241 Å². The van der Waals surface area contributed by atoms with E-state index in [0.29, 0.717) is 0 Å². The van der Waals surface area contributed by atoms with Crippen molar-refractivity contribution < 1.29 is 4.42 Å². The van der Waals surface area contributed by atoms with Crippen LogP contribution in [0.3, 0.4) is 0 Å². The van der Waals surface area contributed by atoms with E-state index in [9.17, 15) is 0 Å². The van der Waals surface area contributed by atoms with Crippen LogP contribution in [-0.2, 0) is 5.41 Å². The summed E-state index contributed by atoms with van der Waals surface area (Å²) in [5, 5.41) is 4.84. The lowest BCUT2D eigenvalue weighted by Crippen LogP contribution is -2.28. The maximum Gasteiger partial charge on any atom is 0.137 e. The van der Waals surface area contributed by atoms with E-state index in [0.717, 1.165) is 39.0 Å². The zero-order valence-corrected chi connectivity index (χ0v) is 35.6. The summed E-state index contributed by atoms with van der Waals surface area (Å²) in [5.41, 5.74) is 16.8. The molecule has 12 aromatic rings. The topological polar surface area (TPSA) is 16.4 Å². The van der Waals surface area contributed by atoms with Crippen molar-refractivity contribution in [2.45, 2.75) is 5.41 Å². The average molecular weight is 834 g/mol. The van der Waals surface area contributed by atoms with Gasteiger partial charge < -0.3 is 9.32 Å².